The first kappa shape index (κ1) is 11.9. The topological polar surface area (TPSA) is 29.3 Å². The third kappa shape index (κ3) is 4.33. The van der Waals surface area contributed by atoms with E-state index in [1.54, 1.807) is 11.9 Å². The summed E-state index contributed by atoms with van der Waals surface area (Å²) in [5, 5.41) is 0. The van der Waals surface area contributed by atoms with E-state index in [2.05, 4.69) is 0 Å². The fourth-order valence-corrected chi connectivity index (χ4v) is 2.25. The van der Waals surface area contributed by atoms with Crippen LogP contribution in [0.1, 0.15) is 25.7 Å². The first-order chi connectivity index (χ1) is 6.58. The summed E-state index contributed by atoms with van der Waals surface area (Å²) < 4.78 is 24.1. The lowest BCUT2D eigenvalue weighted by molar-refractivity contribution is 0.0884. The number of hydrogen-bond donors (Lipinski definition) is 1. The molecule has 0 amide bonds. The third-order valence-corrected chi connectivity index (χ3v) is 2.84. The largest absolute Gasteiger partial charge is 0.328 e. The van der Waals surface area contributed by atoms with E-state index >= 15 is 0 Å². The molecule has 2 atom stereocenters. The van der Waals surface area contributed by atoms with Gasteiger partial charge in [0.05, 0.1) is 6.54 Å². The van der Waals surface area contributed by atoms with Crippen LogP contribution in [0.3, 0.4) is 0 Å². The predicted octanol–water partition coefficient (Wildman–Crippen LogP) is 1.70. The molecule has 2 unspecified atom stereocenters. The Balaban J connectivity index is 2.21. The smallest absolute Gasteiger partial charge is 0.251 e. The zero-order valence-corrected chi connectivity index (χ0v) is 8.76. The molecule has 0 aliphatic heterocycles. The molecule has 0 bridgehead atoms. The van der Waals surface area contributed by atoms with Crippen molar-refractivity contribution in [2.24, 2.45) is 11.7 Å². The molecule has 84 valence electrons. The number of alkyl halides is 2. The minimum atomic E-state index is -2.22. The van der Waals surface area contributed by atoms with Crippen LogP contribution in [0.5, 0.6) is 0 Å². The molecule has 1 saturated carbocycles. The number of rotatable bonds is 4. The van der Waals surface area contributed by atoms with E-state index in [9.17, 15) is 8.78 Å². The summed E-state index contributed by atoms with van der Waals surface area (Å²) in [5.41, 5.74) is 5.84. The molecule has 2 N–H and O–H groups in total. The highest BCUT2D eigenvalue weighted by atomic mass is 19.3. The molecule has 1 rings (SSSR count). The summed E-state index contributed by atoms with van der Waals surface area (Å²) in [6.45, 7) is 0.643. The van der Waals surface area contributed by atoms with E-state index < -0.39 is 6.43 Å². The van der Waals surface area contributed by atoms with Gasteiger partial charge in [-0.05, 0) is 32.2 Å². The van der Waals surface area contributed by atoms with E-state index in [1.165, 1.54) is 0 Å². The molecular weight excluding hydrogens is 186 g/mol. The van der Waals surface area contributed by atoms with Crippen LogP contribution in [-0.4, -0.2) is 37.5 Å². The normalized spacial score (nSPS) is 28.7. The predicted molar refractivity (Wildman–Crippen MR) is 53.4 cm³/mol. The number of halogens is 2. The fraction of sp³-hybridized carbons (Fsp3) is 1.00. The zero-order chi connectivity index (χ0) is 10.6. The van der Waals surface area contributed by atoms with Crippen LogP contribution in [-0.2, 0) is 0 Å². The van der Waals surface area contributed by atoms with Gasteiger partial charge in [0.25, 0.3) is 6.43 Å². The molecule has 0 aromatic rings. The second-order valence-electron chi connectivity index (χ2n) is 4.41. The van der Waals surface area contributed by atoms with Crippen molar-refractivity contribution in [3.05, 3.63) is 0 Å². The summed E-state index contributed by atoms with van der Waals surface area (Å²) in [4.78, 5) is 1.72. The Kier molecular flexibility index (Phi) is 4.75. The Morgan fingerprint density at radius 1 is 1.43 bits per heavy atom. The first-order valence-electron chi connectivity index (χ1n) is 5.30. The molecule has 1 aliphatic rings. The van der Waals surface area contributed by atoms with Gasteiger partial charge >= 0.3 is 0 Å². The van der Waals surface area contributed by atoms with Crippen molar-refractivity contribution in [3.63, 3.8) is 0 Å². The first-order valence-corrected chi connectivity index (χ1v) is 5.30. The van der Waals surface area contributed by atoms with Crippen molar-refractivity contribution >= 4 is 0 Å². The van der Waals surface area contributed by atoms with Gasteiger partial charge in [0, 0.05) is 12.6 Å². The number of hydrogen-bond acceptors (Lipinski definition) is 2. The average molecular weight is 206 g/mol. The van der Waals surface area contributed by atoms with Crippen LogP contribution in [0, 0.1) is 5.92 Å². The molecule has 4 heteroatoms. The van der Waals surface area contributed by atoms with Crippen molar-refractivity contribution < 1.29 is 8.78 Å². The maximum absolute atomic E-state index is 12.0. The second-order valence-corrected chi connectivity index (χ2v) is 4.41. The van der Waals surface area contributed by atoms with Gasteiger partial charge < -0.3 is 10.6 Å². The Morgan fingerprint density at radius 2 is 2.14 bits per heavy atom. The maximum Gasteiger partial charge on any atom is 0.251 e. The molecule has 0 heterocycles. The van der Waals surface area contributed by atoms with Gasteiger partial charge in [-0.2, -0.15) is 0 Å². The van der Waals surface area contributed by atoms with E-state index in [4.69, 9.17) is 5.73 Å². The SMILES string of the molecule is CN(CC(F)F)CC1CCCC(N)C1. The van der Waals surface area contributed by atoms with Gasteiger partial charge in [0.15, 0.2) is 0 Å². The Bertz CT molecular complexity index is 164. The van der Waals surface area contributed by atoms with Crippen LogP contribution in [0.4, 0.5) is 8.78 Å². The van der Waals surface area contributed by atoms with E-state index in [1.807, 2.05) is 0 Å². The monoisotopic (exact) mass is 206 g/mol. The minimum absolute atomic E-state index is 0.119. The molecule has 0 spiro atoms. The summed E-state index contributed by atoms with van der Waals surface area (Å²) >= 11 is 0. The van der Waals surface area contributed by atoms with Gasteiger partial charge in [0.1, 0.15) is 0 Å². The van der Waals surface area contributed by atoms with Crippen molar-refractivity contribution in [1.82, 2.24) is 4.90 Å². The van der Waals surface area contributed by atoms with Crippen molar-refractivity contribution in [1.29, 1.82) is 0 Å². The lowest BCUT2D eigenvalue weighted by Crippen LogP contribution is -2.35. The standard InChI is InChI=1S/C10H20F2N2/c1-14(7-10(11)12)6-8-3-2-4-9(13)5-8/h8-10H,2-7,13H2,1H3. The van der Waals surface area contributed by atoms with E-state index in [-0.39, 0.29) is 12.6 Å². The Morgan fingerprint density at radius 3 is 2.71 bits per heavy atom. The van der Waals surface area contributed by atoms with Gasteiger partial charge in [-0.15, -0.1) is 0 Å². The van der Waals surface area contributed by atoms with Crippen LogP contribution in [0.2, 0.25) is 0 Å². The lowest BCUT2D eigenvalue weighted by Gasteiger charge is -2.29. The summed E-state index contributed by atoms with van der Waals surface area (Å²) in [6.07, 6.45) is 2.15. The number of nitrogens with zero attached hydrogens (tertiary/aromatic N) is 1. The Labute approximate surface area is 84.4 Å². The number of nitrogens with two attached hydrogens (primary N) is 1. The van der Waals surface area contributed by atoms with Gasteiger partial charge in [-0.25, -0.2) is 8.78 Å². The third-order valence-electron chi connectivity index (χ3n) is 2.84. The quantitative estimate of drug-likeness (QED) is 0.758. The summed E-state index contributed by atoms with van der Waals surface area (Å²) in [6, 6.07) is 0.286. The molecule has 0 saturated heterocycles. The van der Waals surface area contributed by atoms with Crippen LogP contribution in [0.25, 0.3) is 0 Å². The van der Waals surface area contributed by atoms with E-state index in [0.717, 1.165) is 32.2 Å². The molecule has 0 aromatic heterocycles. The highest BCUT2D eigenvalue weighted by molar-refractivity contribution is 4.76. The highest BCUT2D eigenvalue weighted by Crippen LogP contribution is 2.23. The van der Waals surface area contributed by atoms with Gasteiger partial charge in [-0.3, -0.25) is 0 Å². The molecule has 14 heavy (non-hydrogen) atoms. The molecular formula is C10H20F2N2. The molecule has 1 aliphatic carbocycles. The van der Waals surface area contributed by atoms with Crippen molar-refractivity contribution in [2.45, 2.75) is 38.2 Å². The summed E-state index contributed by atoms with van der Waals surface area (Å²) in [7, 11) is 1.76. The Hall–Kier alpha value is -0.220. The van der Waals surface area contributed by atoms with Crippen LogP contribution >= 0.6 is 0 Å². The molecule has 0 radical (unpaired) electrons. The molecule has 0 aromatic carbocycles. The second kappa shape index (κ2) is 5.61. The van der Waals surface area contributed by atoms with Crippen LogP contribution in [0.15, 0.2) is 0 Å². The van der Waals surface area contributed by atoms with Gasteiger partial charge in [-0.1, -0.05) is 6.42 Å². The highest BCUT2D eigenvalue weighted by Gasteiger charge is 2.21. The van der Waals surface area contributed by atoms with Crippen molar-refractivity contribution in [2.75, 3.05) is 20.1 Å². The van der Waals surface area contributed by atoms with E-state index in [0.29, 0.717) is 5.92 Å². The molecule has 2 nitrogen and oxygen atoms in total. The summed E-state index contributed by atoms with van der Waals surface area (Å²) in [5.74, 6) is 0.516. The van der Waals surface area contributed by atoms with Crippen molar-refractivity contribution in [3.8, 4) is 0 Å². The molecule has 1 fully saturated rings. The lowest BCUT2D eigenvalue weighted by atomic mass is 9.86. The van der Waals surface area contributed by atoms with Gasteiger partial charge in [0.2, 0.25) is 0 Å². The minimum Gasteiger partial charge on any atom is -0.328 e. The average Bonchev–Trinajstić information content (AvgIpc) is 2.01. The zero-order valence-electron chi connectivity index (χ0n) is 8.76. The fourth-order valence-electron chi connectivity index (χ4n) is 2.25. The van der Waals surface area contributed by atoms with Crippen LogP contribution < -0.4 is 5.73 Å². The maximum atomic E-state index is 12.0.